The lowest BCUT2D eigenvalue weighted by Gasteiger charge is -2.32. The van der Waals surface area contributed by atoms with Crippen molar-refractivity contribution in [3.63, 3.8) is 0 Å². The summed E-state index contributed by atoms with van der Waals surface area (Å²) in [6, 6.07) is 10.7. The first kappa shape index (κ1) is 14.6. The van der Waals surface area contributed by atoms with Crippen molar-refractivity contribution in [2.75, 3.05) is 0 Å². The maximum Gasteiger partial charge on any atom is 0.241 e. The topological polar surface area (TPSA) is 32.3 Å². The van der Waals surface area contributed by atoms with Crippen molar-refractivity contribution < 1.29 is 4.79 Å². The van der Waals surface area contributed by atoms with Gasteiger partial charge in [0.15, 0.2) is 0 Å². The van der Waals surface area contributed by atoms with Crippen LogP contribution in [-0.2, 0) is 4.79 Å². The quantitative estimate of drug-likeness (QED) is 0.868. The van der Waals surface area contributed by atoms with Crippen molar-refractivity contribution in [3.05, 3.63) is 35.9 Å². The summed E-state index contributed by atoms with van der Waals surface area (Å²) < 4.78 is 0. The van der Waals surface area contributed by atoms with Crippen LogP contribution >= 0.6 is 0 Å². The van der Waals surface area contributed by atoms with E-state index in [1.54, 1.807) is 0 Å². The van der Waals surface area contributed by atoms with Gasteiger partial charge in [-0.25, -0.2) is 0 Å². The Morgan fingerprint density at radius 2 is 1.95 bits per heavy atom. The molecule has 2 aliphatic rings. The molecule has 114 valence electrons. The number of amides is 1. The molecule has 1 aromatic rings. The van der Waals surface area contributed by atoms with Gasteiger partial charge in [-0.1, -0.05) is 57.0 Å². The molecule has 3 atom stereocenters. The van der Waals surface area contributed by atoms with Crippen LogP contribution in [0.15, 0.2) is 30.3 Å². The van der Waals surface area contributed by atoms with Crippen LogP contribution in [0, 0.1) is 5.92 Å². The number of carbonyl (C=O) groups excluding carboxylic acids is 1. The predicted molar refractivity (Wildman–Crippen MR) is 84.7 cm³/mol. The van der Waals surface area contributed by atoms with E-state index in [1.807, 2.05) is 6.07 Å². The summed E-state index contributed by atoms with van der Waals surface area (Å²) in [7, 11) is 0. The normalized spacial score (nSPS) is 27.1. The van der Waals surface area contributed by atoms with E-state index in [-0.39, 0.29) is 12.2 Å². The molecule has 0 bridgehead atoms. The molecule has 1 aliphatic carbocycles. The van der Waals surface area contributed by atoms with Gasteiger partial charge in [-0.15, -0.1) is 0 Å². The molecule has 1 aromatic carbocycles. The molecule has 0 spiro atoms. The highest BCUT2D eigenvalue weighted by Crippen LogP contribution is 2.38. The Bertz CT molecular complexity index is 483. The minimum atomic E-state index is -0.0246. The van der Waals surface area contributed by atoms with Gasteiger partial charge < -0.3 is 4.90 Å². The first-order valence-corrected chi connectivity index (χ1v) is 8.37. The van der Waals surface area contributed by atoms with Crippen LogP contribution in [0.1, 0.15) is 57.7 Å². The van der Waals surface area contributed by atoms with Gasteiger partial charge in [0.25, 0.3) is 0 Å². The van der Waals surface area contributed by atoms with E-state index >= 15 is 0 Å². The minimum Gasteiger partial charge on any atom is -0.319 e. The summed E-state index contributed by atoms with van der Waals surface area (Å²) in [5, 5.41) is 3.54. The molecular formula is C18H26N2O. The van der Waals surface area contributed by atoms with Gasteiger partial charge in [-0.2, -0.15) is 0 Å². The number of hydrogen-bond acceptors (Lipinski definition) is 2. The second-order valence-corrected chi connectivity index (χ2v) is 6.43. The summed E-state index contributed by atoms with van der Waals surface area (Å²) in [5.41, 5.74) is 1.20. The first-order chi connectivity index (χ1) is 10.2. The van der Waals surface area contributed by atoms with Crippen molar-refractivity contribution in [2.45, 2.75) is 64.2 Å². The standard InChI is InChI=1S/C18H26N2O/c1-3-15(12-13-10-11-13)20-17(14-8-6-5-7-9-14)19-16(4-2)18(20)21/h5-9,13,15-17,19H,3-4,10-12H2,1-2H3. The van der Waals surface area contributed by atoms with Gasteiger partial charge in [0.05, 0.1) is 6.04 Å². The third-order valence-corrected chi connectivity index (χ3v) is 4.88. The molecule has 0 aromatic heterocycles. The lowest BCUT2D eigenvalue weighted by Crippen LogP contribution is -2.40. The fourth-order valence-electron chi connectivity index (χ4n) is 3.44. The first-order valence-electron chi connectivity index (χ1n) is 8.37. The highest BCUT2D eigenvalue weighted by atomic mass is 16.2. The SMILES string of the molecule is CCC1NC(c2ccccc2)N(C(CC)CC2CC2)C1=O. The molecular weight excluding hydrogens is 260 g/mol. The second kappa shape index (κ2) is 6.18. The van der Waals surface area contributed by atoms with Crippen molar-refractivity contribution in [1.82, 2.24) is 10.2 Å². The van der Waals surface area contributed by atoms with Crippen LogP contribution in [0.5, 0.6) is 0 Å². The van der Waals surface area contributed by atoms with Crippen LogP contribution in [0.4, 0.5) is 0 Å². The number of nitrogens with zero attached hydrogens (tertiary/aromatic N) is 1. The van der Waals surface area contributed by atoms with Crippen LogP contribution in [0.2, 0.25) is 0 Å². The van der Waals surface area contributed by atoms with E-state index in [9.17, 15) is 4.79 Å². The molecule has 1 amide bonds. The smallest absolute Gasteiger partial charge is 0.241 e. The predicted octanol–water partition coefficient (Wildman–Crippen LogP) is 3.47. The third kappa shape index (κ3) is 2.98. The van der Waals surface area contributed by atoms with Gasteiger partial charge >= 0.3 is 0 Å². The van der Waals surface area contributed by atoms with E-state index < -0.39 is 0 Å². The Labute approximate surface area is 127 Å². The van der Waals surface area contributed by atoms with Crippen LogP contribution in [0.25, 0.3) is 0 Å². The Balaban J connectivity index is 1.86. The maximum atomic E-state index is 12.8. The molecule has 1 aliphatic heterocycles. The Morgan fingerprint density at radius 3 is 2.52 bits per heavy atom. The molecule has 3 heteroatoms. The second-order valence-electron chi connectivity index (χ2n) is 6.43. The fraction of sp³-hybridized carbons (Fsp3) is 0.611. The van der Waals surface area contributed by atoms with E-state index in [0.717, 1.165) is 18.8 Å². The zero-order valence-electron chi connectivity index (χ0n) is 13.1. The average Bonchev–Trinajstić information content (AvgIpc) is 3.28. The highest BCUT2D eigenvalue weighted by Gasteiger charge is 2.42. The lowest BCUT2D eigenvalue weighted by molar-refractivity contribution is -0.132. The van der Waals surface area contributed by atoms with E-state index in [1.165, 1.54) is 24.8 Å². The van der Waals surface area contributed by atoms with Crippen molar-refractivity contribution in [3.8, 4) is 0 Å². The van der Waals surface area contributed by atoms with Crippen molar-refractivity contribution >= 4 is 5.91 Å². The summed E-state index contributed by atoms with van der Waals surface area (Å²) in [5.74, 6) is 1.14. The Hall–Kier alpha value is -1.35. The highest BCUT2D eigenvalue weighted by molar-refractivity contribution is 5.84. The van der Waals surface area contributed by atoms with Crippen LogP contribution < -0.4 is 5.32 Å². The number of benzene rings is 1. The molecule has 1 heterocycles. The van der Waals surface area contributed by atoms with Crippen molar-refractivity contribution in [2.24, 2.45) is 5.92 Å². The van der Waals surface area contributed by atoms with Gasteiger partial charge in [-0.05, 0) is 30.7 Å². The van der Waals surface area contributed by atoms with Crippen LogP contribution in [0.3, 0.4) is 0 Å². The molecule has 2 fully saturated rings. The molecule has 3 unspecified atom stereocenters. The minimum absolute atomic E-state index is 0.0246. The summed E-state index contributed by atoms with van der Waals surface area (Å²) in [6.07, 6.45) is 5.82. The molecule has 1 saturated carbocycles. The molecule has 1 N–H and O–H groups in total. The number of hydrogen-bond donors (Lipinski definition) is 1. The molecule has 1 saturated heterocycles. The maximum absolute atomic E-state index is 12.8. The number of carbonyl (C=O) groups is 1. The Morgan fingerprint density at radius 1 is 1.24 bits per heavy atom. The summed E-state index contributed by atoms with van der Waals surface area (Å²) in [4.78, 5) is 14.9. The largest absolute Gasteiger partial charge is 0.319 e. The van der Waals surface area contributed by atoms with E-state index in [4.69, 9.17) is 0 Å². The average molecular weight is 286 g/mol. The summed E-state index contributed by atoms with van der Waals surface area (Å²) in [6.45, 7) is 4.30. The van der Waals surface area contributed by atoms with E-state index in [0.29, 0.717) is 11.9 Å². The van der Waals surface area contributed by atoms with Crippen molar-refractivity contribution in [1.29, 1.82) is 0 Å². The molecule has 0 radical (unpaired) electrons. The zero-order valence-corrected chi connectivity index (χ0v) is 13.1. The van der Waals surface area contributed by atoms with Gasteiger partial charge in [0.1, 0.15) is 6.17 Å². The monoisotopic (exact) mass is 286 g/mol. The fourth-order valence-corrected chi connectivity index (χ4v) is 3.44. The third-order valence-electron chi connectivity index (χ3n) is 4.88. The van der Waals surface area contributed by atoms with Crippen LogP contribution in [-0.4, -0.2) is 22.9 Å². The number of rotatable bonds is 6. The zero-order chi connectivity index (χ0) is 14.8. The van der Waals surface area contributed by atoms with Gasteiger partial charge in [0.2, 0.25) is 5.91 Å². The van der Waals surface area contributed by atoms with E-state index in [2.05, 4.69) is 48.3 Å². The Kier molecular flexibility index (Phi) is 4.29. The van der Waals surface area contributed by atoms with Gasteiger partial charge in [0, 0.05) is 6.04 Å². The molecule has 3 rings (SSSR count). The summed E-state index contributed by atoms with van der Waals surface area (Å²) >= 11 is 0. The molecule has 3 nitrogen and oxygen atoms in total. The molecule has 21 heavy (non-hydrogen) atoms. The lowest BCUT2D eigenvalue weighted by atomic mass is 10.0. The van der Waals surface area contributed by atoms with Gasteiger partial charge in [-0.3, -0.25) is 10.1 Å². The number of nitrogens with one attached hydrogen (secondary N) is 1.